The molecule has 0 aliphatic rings. The quantitative estimate of drug-likeness (QED) is 0.885. The van der Waals surface area contributed by atoms with Crippen molar-refractivity contribution >= 4 is 33.5 Å². The number of aromatic nitrogens is 1. The van der Waals surface area contributed by atoms with Crippen molar-refractivity contribution in [1.29, 1.82) is 0 Å². The second-order valence-corrected chi connectivity index (χ2v) is 5.53. The van der Waals surface area contributed by atoms with Crippen LogP contribution in [0.3, 0.4) is 0 Å². The van der Waals surface area contributed by atoms with Crippen LogP contribution in [-0.4, -0.2) is 16.1 Å². The summed E-state index contributed by atoms with van der Waals surface area (Å²) in [5.74, 6) is -1.10. The largest absolute Gasteiger partial charge is 0.475 e. The lowest BCUT2D eigenvalue weighted by atomic mass is 10.1. The molecule has 0 aliphatic heterocycles. The number of aromatic carboxylic acids is 1. The van der Waals surface area contributed by atoms with Gasteiger partial charge in [0.25, 0.3) is 0 Å². The molecule has 1 aromatic carbocycles. The summed E-state index contributed by atoms with van der Waals surface area (Å²) in [6.07, 6.45) is 0. The molecule has 0 amide bonds. The number of carboxylic acid groups (broad SMARTS) is 1. The van der Waals surface area contributed by atoms with Crippen LogP contribution in [0.25, 0.3) is 11.5 Å². The van der Waals surface area contributed by atoms with Gasteiger partial charge in [0.15, 0.2) is 0 Å². The zero-order valence-corrected chi connectivity index (χ0v) is 12.6. The summed E-state index contributed by atoms with van der Waals surface area (Å²) >= 11 is 9.46. The van der Waals surface area contributed by atoms with E-state index in [0.29, 0.717) is 20.8 Å². The summed E-state index contributed by atoms with van der Waals surface area (Å²) in [5, 5.41) is 9.56. The van der Waals surface area contributed by atoms with Crippen molar-refractivity contribution in [2.45, 2.75) is 19.8 Å². The molecule has 2 aromatic rings. The van der Waals surface area contributed by atoms with E-state index in [2.05, 4.69) is 20.9 Å². The molecule has 1 heterocycles. The minimum Gasteiger partial charge on any atom is -0.475 e. The number of carboxylic acids is 1. The standard InChI is InChI=1S/C13H11BrClNO3/c1-6(2)10-11(13(17)18)19-12(16-10)7-4-3-5-8(14)9(7)15/h3-6H,1-2H3,(H,17,18). The number of benzene rings is 1. The Morgan fingerprint density at radius 1 is 1.47 bits per heavy atom. The van der Waals surface area contributed by atoms with Gasteiger partial charge in [-0.2, -0.15) is 0 Å². The average molecular weight is 345 g/mol. The van der Waals surface area contributed by atoms with Crippen molar-refractivity contribution in [2.24, 2.45) is 0 Å². The van der Waals surface area contributed by atoms with Crippen LogP contribution >= 0.6 is 27.5 Å². The van der Waals surface area contributed by atoms with Gasteiger partial charge in [0.2, 0.25) is 11.7 Å². The van der Waals surface area contributed by atoms with Crippen LogP contribution in [0.4, 0.5) is 0 Å². The first-order valence-corrected chi connectivity index (χ1v) is 6.77. The third kappa shape index (κ3) is 2.67. The molecule has 0 radical (unpaired) electrons. The molecule has 0 saturated carbocycles. The summed E-state index contributed by atoms with van der Waals surface area (Å²) in [4.78, 5) is 15.4. The SMILES string of the molecule is CC(C)c1nc(-c2cccc(Br)c2Cl)oc1C(=O)O. The Morgan fingerprint density at radius 3 is 2.68 bits per heavy atom. The summed E-state index contributed by atoms with van der Waals surface area (Å²) < 4.78 is 6.05. The van der Waals surface area contributed by atoms with Gasteiger partial charge in [-0.1, -0.05) is 31.5 Å². The molecule has 4 nitrogen and oxygen atoms in total. The van der Waals surface area contributed by atoms with E-state index in [1.54, 1.807) is 18.2 Å². The van der Waals surface area contributed by atoms with E-state index < -0.39 is 5.97 Å². The van der Waals surface area contributed by atoms with Gasteiger partial charge in [-0.15, -0.1) is 0 Å². The summed E-state index contributed by atoms with van der Waals surface area (Å²) in [7, 11) is 0. The molecular weight excluding hydrogens is 334 g/mol. The van der Waals surface area contributed by atoms with Crippen molar-refractivity contribution in [2.75, 3.05) is 0 Å². The van der Waals surface area contributed by atoms with Gasteiger partial charge < -0.3 is 9.52 Å². The highest BCUT2D eigenvalue weighted by Crippen LogP contribution is 2.35. The molecule has 0 aliphatic carbocycles. The fraction of sp³-hybridized carbons (Fsp3) is 0.231. The van der Waals surface area contributed by atoms with Crippen molar-refractivity contribution in [1.82, 2.24) is 4.98 Å². The predicted octanol–water partition coefficient (Wildman–Crippen LogP) is 4.58. The minimum absolute atomic E-state index is 0.0467. The fourth-order valence-corrected chi connectivity index (χ4v) is 2.23. The van der Waals surface area contributed by atoms with E-state index in [9.17, 15) is 4.79 Å². The summed E-state index contributed by atoms with van der Waals surface area (Å²) in [5.41, 5.74) is 0.976. The van der Waals surface area contributed by atoms with E-state index in [1.165, 1.54) is 0 Å². The Bertz CT molecular complexity index is 637. The van der Waals surface area contributed by atoms with E-state index in [4.69, 9.17) is 21.1 Å². The highest BCUT2D eigenvalue weighted by atomic mass is 79.9. The lowest BCUT2D eigenvalue weighted by Crippen LogP contribution is -2.01. The molecular formula is C13H11BrClNO3. The van der Waals surface area contributed by atoms with E-state index in [0.717, 1.165) is 0 Å². The Labute approximate surface area is 123 Å². The Morgan fingerprint density at radius 2 is 2.16 bits per heavy atom. The monoisotopic (exact) mass is 343 g/mol. The smallest absolute Gasteiger partial charge is 0.373 e. The molecule has 6 heteroatoms. The molecule has 1 N–H and O–H groups in total. The van der Waals surface area contributed by atoms with Crippen LogP contribution < -0.4 is 0 Å². The second kappa shape index (κ2) is 5.35. The number of carbonyl (C=O) groups is 1. The highest BCUT2D eigenvalue weighted by molar-refractivity contribution is 9.10. The van der Waals surface area contributed by atoms with Crippen LogP contribution in [0.1, 0.15) is 36.0 Å². The summed E-state index contributed by atoms with van der Waals surface area (Å²) in [6, 6.07) is 5.30. The number of rotatable bonds is 3. The van der Waals surface area contributed by atoms with Gasteiger partial charge in [0.1, 0.15) is 0 Å². The van der Waals surface area contributed by atoms with E-state index in [1.807, 2.05) is 13.8 Å². The molecule has 0 saturated heterocycles. The second-order valence-electron chi connectivity index (χ2n) is 4.29. The van der Waals surface area contributed by atoms with Gasteiger partial charge in [-0.05, 0) is 34.0 Å². The Balaban J connectivity index is 2.61. The van der Waals surface area contributed by atoms with Gasteiger partial charge in [-0.3, -0.25) is 0 Å². The molecule has 1 aromatic heterocycles. The molecule has 0 fully saturated rings. The molecule has 0 atom stereocenters. The highest BCUT2D eigenvalue weighted by Gasteiger charge is 2.23. The molecule has 100 valence electrons. The average Bonchev–Trinajstić information content (AvgIpc) is 2.77. The molecule has 2 rings (SSSR count). The van der Waals surface area contributed by atoms with Crippen molar-refractivity contribution < 1.29 is 14.3 Å². The number of oxazole rings is 1. The van der Waals surface area contributed by atoms with Crippen LogP contribution in [0.5, 0.6) is 0 Å². The summed E-state index contributed by atoms with van der Waals surface area (Å²) in [6.45, 7) is 3.72. The van der Waals surface area contributed by atoms with Crippen LogP contribution in [0.2, 0.25) is 5.02 Å². The number of hydrogen-bond donors (Lipinski definition) is 1. The van der Waals surface area contributed by atoms with Crippen LogP contribution in [0.15, 0.2) is 27.1 Å². The topological polar surface area (TPSA) is 63.3 Å². The number of hydrogen-bond acceptors (Lipinski definition) is 3. The minimum atomic E-state index is -1.13. The number of nitrogens with zero attached hydrogens (tertiary/aromatic N) is 1. The maximum atomic E-state index is 11.1. The lowest BCUT2D eigenvalue weighted by molar-refractivity contribution is 0.0661. The van der Waals surface area contributed by atoms with Gasteiger partial charge in [0.05, 0.1) is 16.3 Å². The third-order valence-corrected chi connectivity index (χ3v) is 3.87. The maximum absolute atomic E-state index is 11.1. The Hall–Kier alpha value is -1.33. The van der Waals surface area contributed by atoms with Crippen molar-refractivity contribution in [3.8, 4) is 11.5 Å². The third-order valence-electron chi connectivity index (χ3n) is 2.58. The fourth-order valence-electron chi connectivity index (χ4n) is 1.66. The van der Waals surface area contributed by atoms with Gasteiger partial charge in [-0.25, -0.2) is 9.78 Å². The maximum Gasteiger partial charge on any atom is 0.373 e. The molecule has 0 unspecified atom stereocenters. The van der Waals surface area contributed by atoms with E-state index >= 15 is 0 Å². The zero-order valence-electron chi connectivity index (χ0n) is 10.3. The van der Waals surface area contributed by atoms with Crippen LogP contribution in [0, 0.1) is 0 Å². The predicted molar refractivity (Wildman–Crippen MR) is 75.7 cm³/mol. The first-order valence-electron chi connectivity index (χ1n) is 5.60. The van der Waals surface area contributed by atoms with Crippen molar-refractivity contribution in [3.63, 3.8) is 0 Å². The molecule has 19 heavy (non-hydrogen) atoms. The first kappa shape index (κ1) is 14.1. The normalized spacial score (nSPS) is 11.0. The Kier molecular flexibility index (Phi) is 3.96. The number of halogens is 2. The first-order chi connectivity index (χ1) is 8.91. The van der Waals surface area contributed by atoms with E-state index in [-0.39, 0.29) is 17.6 Å². The lowest BCUT2D eigenvalue weighted by Gasteiger charge is -2.01. The van der Waals surface area contributed by atoms with Gasteiger partial charge in [0, 0.05) is 4.47 Å². The van der Waals surface area contributed by atoms with Crippen LogP contribution in [-0.2, 0) is 0 Å². The molecule has 0 spiro atoms. The van der Waals surface area contributed by atoms with Crippen molar-refractivity contribution in [3.05, 3.63) is 39.1 Å². The van der Waals surface area contributed by atoms with Gasteiger partial charge >= 0.3 is 5.97 Å². The zero-order chi connectivity index (χ0) is 14.2. The molecule has 0 bridgehead atoms.